The summed E-state index contributed by atoms with van der Waals surface area (Å²) in [4.78, 5) is 19.3. The number of nitrogens with zero attached hydrogens (tertiary/aromatic N) is 2. The highest BCUT2D eigenvalue weighted by atomic mass is 16.4. The molecule has 0 amide bonds. The molecule has 1 aliphatic rings. The fourth-order valence-corrected chi connectivity index (χ4v) is 3.64. The number of carboxylic acid groups (broad SMARTS) is 1. The van der Waals surface area contributed by atoms with Gasteiger partial charge in [-0.3, -0.25) is 9.88 Å². The first-order valence-electron chi connectivity index (χ1n) is 9.13. The highest BCUT2D eigenvalue weighted by Crippen LogP contribution is 2.35. The third-order valence-electron chi connectivity index (χ3n) is 5.07. The molecular formula is C22H22N2O2. The quantitative estimate of drug-likeness (QED) is 0.709. The topological polar surface area (TPSA) is 53.4 Å². The van der Waals surface area contributed by atoms with E-state index < -0.39 is 5.97 Å². The summed E-state index contributed by atoms with van der Waals surface area (Å²) in [5, 5.41) is 10.9. The highest BCUT2D eigenvalue weighted by molar-refractivity contribution is 6.07. The van der Waals surface area contributed by atoms with Crippen LogP contribution in [-0.2, 0) is 6.54 Å². The van der Waals surface area contributed by atoms with Crippen LogP contribution in [0.4, 0.5) is 0 Å². The summed E-state index contributed by atoms with van der Waals surface area (Å²) in [6.45, 7) is 3.60. The molecule has 2 aromatic carbocycles. The van der Waals surface area contributed by atoms with Crippen LogP contribution in [0.1, 0.15) is 35.8 Å². The van der Waals surface area contributed by atoms with Gasteiger partial charge in [0.2, 0.25) is 0 Å². The third-order valence-corrected chi connectivity index (χ3v) is 5.07. The van der Waals surface area contributed by atoms with E-state index in [9.17, 15) is 9.90 Å². The van der Waals surface area contributed by atoms with E-state index in [4.69, 9.17) is 4.98 Å². The van der Waals surface area contributed by atoms with Gasteiger partial charge in [0.05, 0.1) is 16.8 Å². The Morgan fingerprint density at radius 1 is 1.12 bits per heavy atom. The van der Waals surface area contributed by atoms with Crippen LogP contribution in [0.2, 0.25) is 0 Å². The lowest BCUT2D eigenvalue weighted by molar-refractivity contribution is 0.0694. The molecule has 26 heavy (non-hydrogen) atoms. The summed E-state index contributed by atoms with van der Waals surface area (Å²) in [6, 6.07) is 18.1. The Hall–Kier alpha value is -2.72. The minimum absolute atomic E-state index is 0.328. The first kappa shape index (κ1) is 16.7. The number of aromatic nitrogens is 1. The molecule has 1 aliphatic carbocycles. The number of pyridine rings is 1. The maximum Gasteiger partial charge on any atom is 0.338 e. The molecule has 0 unspecified atom stereocenters. The largest absolute Gasteiger partial charge is 0.478 e. The highest BCUT2D eigenvalue weighted by Gasteiger charge is 2.30. The average molecular weight is 346 g/mol. The van der Waals surface area contributed by atoms with Crippen LogP contribution >= 0.6 is 0 Å². The second kappa shape index (κ2) is 6.89. The molecule has 4 nitrogen and oxygen atoms in total. The van der Waals surface area contributed by atoms with E-state index in [1.165, 1.54) is 12.8 Å². The molecule has 132 valence electrons. The van der Waals surface area contributed by atoms with Crippen molar-refractivity contribution in [2.75, 3.05) is 6.54 Å². The lowest BCUT2D eigenvalue weighted by atomic mass is 9.94. The number of fused-ring (bicyclic) bond motifs is 1. The van der Waals surface area contributed by atoms with Crippen molar-refractivity contribution < 1.29 is 9.90 Å². The average Bonchev–Trinajstić information content (AvgIpc) is 3.50. The summed E-state index contributed by atoms with van der Waals surface area (Å²) in [5.41, 5.74) is 3.51. The normalized spacial score (nSPS) is 14.1. The van der Waals surface area contributed by atoms with Crippen molar-refractivity contribution in [3.8, 4) is 11.1 Å². The molecule has 0 atom stereocenters. The summed E-state index contributed by atoms with van der Waals surface area (Å²) in [6.07, 6.45) is 2.38. The zero-order valence-corrected chi connectivity index (χ0v) is 14.9. The van der Waals surface area contributed by atoms with Crippen molar-refractivity contribution in [3.05, 3.63) is 65.9 Å². The smallest absolute Gasteiger partial charge is 0.338 e. The van der Waals surface area contributed by atoms with Crippen LogP contribution < -0.4 is 0 Å². The Labute approximate surface area is 153 Å². The van der Waals surface area contributed by atoms with Gasteiger partial charge in [0.25, 0.3) is 0 Å². The van der Waals surface area contributed by atoms with E-state index in [2.05, 4.69) is 11.8 Å². The van der Waals surface area contributed by atoms with Gasteiger partial charge < -0.3 is 5.11 Å². The number of carbonyl (C=O) groups is 1. The molecule has 4 rings (SSSR count). The summed E-state index contributed by atoms with van der Waals surface area (Å²) >= 11 is 0. The van der Waals surface area contributed by atoms with Gasteiger partial charge in [-0.2, -0.15) is 0 Å². The number of benzene rings is 2. The molecule has 1 N–H and O–H groups in total. The second-order valence-electron chi connectivity index (χ2n) is 6.79. The Kier molecular flexibility index (Phi) is 4.43. The lowest BCUT2D eigenvalue weighted by Crippen LogP contribution is -2.27. The molecule has 1 saturated carbocycles. The molecule has 0 spiro atoms. The zero-order valence-electron chi connectivity index (χ0n) is 14.9. The Morgan fingerprint density at radius 2 is 1.81 bits per heavy atom. The van der Waals surface area contributed by atoms with Gasteiger partial charge in [0.15, 0.2) is 0 Å². The van der Waals surface area contributed by atoms with Crippen LogP contribution in [0.25, 0.3) is 22.0 Å². The predicted molar refractivity (Wildman–Crippen MR) is 103 cm³/mol. The molecule has 0 bridgehead atoms. The Balaban J connectivity index is 1.96. The van der Waals surface area contributed by atoms with Crippen LogP contribution in [0.3, 0.4) is 0 Å². The first-order chi connectivity index (χ1) is 12.7. The van der Waals surface area contributed by atoms with Gasteiger partial charge in [0, 0.05) is 23.5 Å². The molecule has 0 aliphatic heterocycles. The van der Waals surface area contributed by atoms with Gasteiger partial charge in [-0.1, -0.05) is 55.5 Å². The molecule has 3 aromatic rings. The van der Waals surface area contributed by atoms with Gasteiger partial charge in [-0.05, 0) is 31.0 Å². The number of rotatable bonds is 6. The SMILES string of the molecule is CCN(Cc1nc2ccccc2c(-c2ccccc2)c1C(=O)O)C1CC1. The number of hydrogen-bond acceptors (Lipinski definition) is 3. The maximum absolute atomic E-state index is 12.3. The zero-order chi connectivity index (χ0) is 18.1. The van der Waals surface area contributed by atoms with E-state index in [0.29, 0.717) is 23.8 Å². The van der Waals surface area contributed by atoms with Crippen LogP contribution in [-0.4, -0.2) is 33.5 Å². The molecule has 1 aromatic heterocycles. The van der Waals surface area contributed by atoms with Gasteiger partial charge in [-0.25, -0.2) is 4.79 Å². The number of carboxylic acids is 1. The van der Waals surface area contributed by atoms with Crippen LogP contribution in [0.15, 0.2) is 54.6 Å². The standard InChI is InChI=1S/C22H22N2O2/c1-2-24(16-12-13-16)14-19-21(22(25)26)20(15-8-4-3-5-9-15)17-10-6-7-11-18(17)23-19/h3-11,16H,2,12-14H2,1H3,(H,25,26). The Bertz CT molecular complexity index is 949. The summed E-state index contributed by atoms with van der Waals surface area (Å²) < 4.78 is 0. The van der Waals surface area contributed by atoms with Crippen molar-refractivity contribution in [2.45, 2.75) is 32.4 Å². The summed E-state index contributed by atoms with van der Waals surface area (Å²) in [5.74, 6) is -0.913. The van der Waals surface area contributed by atoms with Gasteiger partial charge in [0.1, 0.15) is 0 Å². The number of aromatic carboxylic acids is 1. The fourth-order valence-electron chi connectivity index (χ4n) is 3.64. The molecule has 1 fully saturated rings. The van der Waals surface area contributed by atoms with E-state index in [1.54, 1.807) is 0 Å². The van der Waals surface area contributed by atoms with Crippen molar-refractivity contribution >= 4 is 16.9 Å². The van der Waals surface area contributed by atoms with Crippen molar-refractivity contribution in [2.24, 2.45) is 0 Å². The third kappa shape index (κ3) is 3.08. The van der Waals surface area contributed by atoms with E-state index in [1.807, 2.05) is 54.6 Å². The maximum atomic E-state index is 12.3. The van der Waals surface area contributed by atoms with Crippen molar-refractivity contribution in [3.63, 3.8) is 0 Å². The van der Waals surface area contributed by atoms with Gasteiger partial charge >= 0.3 is 5.97 Å². The van der Waals surface area contributed by atoms with Crippen LogP contribution in [0.5, 0.6) is 0 Å². The Morgan fingerprint density at radius 3 is 2.46 bits per heavy atom. The molecule has 4 heteroatoms. The fraction of sp³-hybridized carbons (Fsp3) is 0.273. The summed E-state index contributed by atoms with van der Waals surface area (Å²) in [7, 11) is 0. The molecule has 0 radical (unpaired) electrons. The molecule has 0 saturated heterocycles. The minimum Gasteiger partial charge on any atom is -0.478 e. The first-order valence-corrected chi connectivity index (χ1v) is 9.13. The number of para-hydroxylation sites is 1. The molecule has 1 heterocycles. The van der Waals surface area contributed by atoms with E-state index in [0.717, 1.165) is 28.6 Å². The monoisotopic (exact) mass is 346 g/mol. The van der Waals surface area contributed by atoms with Crippen molar-refractivity contribution in [1.82, 2.24) is 9.88 Å². The van der Waals surface area contributed by atoms with Crippen LogP contribution in [0, 0.1) is 0 Å². The van der Waals surface area contributed by atoms with Crippen molar-refractivity contribution in [1.29, 1.82) is 0 Å². The van der Waals surface area contributed by atoms with E-state index >= 15 is 0 Å². The molecular weight excluding hydrogens is 324 g/mol. The van der Waals surface area contributed by atoms with E-state index in [-0.39, 0.29) is 0 Å². The lowest BCUT2D eigenvalue weighted by Gasteiger charge is -2.22. The van der Waals surface area contributed by atoms with Gasteiger partial charge in [-0.15, -0.1) is 0 Å². The number of hydrogen-bond donors (Lipinski definition) is 1. The minimum atomic E-state index is -0.913. The second-order valence-corrected chi connectivity index (χ2v) is 6.79. The predicted octanol–water partition coefficient (Wildman–Crippen LogP) is 4.58.